The van der Waals surface area contributed by atoms with E-state index in [-0.39, 0.29) is 12.5 Å². The van der Waals surface area contributed by atoms with Crippen molar-refractivity contribution in [1.82, 2.24) is 9.97 Å². The monoisotopic (exact) mass is 724 g/mol. The number of para-hydroxylation sites is 1. The Hall–Kier alpha value is -3.55. The van der Waals surface area contributed by atoms with E-state index in [1.165, 1.54) is 22.7 Å². The lowest BCUT2D eigenvalue weighted by Crippen LogP contribution is -2.32. The Kier molecular flexibility index (Phi) is 9.20. The van der Waals surface area contributed by atoms with Gasteiger partial charge in [0.05, 0.1) is 23.4 Å². The summed E-state index contributed by atoms with van der Waals surface area (Å²) in [5, 5.41) is 4.33. The van der Waals surface area contributed by atoms with Gasteiger partial charge in [0.1, 0.15) is 5.75 Å². The Morgan fingerprint density at radius 3 is 2.67 bits per heavy atom. The molecular formula is C32H29IN4O4S2. The summed E-state index contributed by atoms with van der Waals surface area (Å²) in [5.41, 5.74) is 3.96. The van der Waals surface area contributed by atoms with E-state index < -0.39 is 5.97 Å². The first kappa shape index (κ1) is 29.5. The molecule has 0 spiro atoms. The van der Waals surface area contributed by atoms with Crippen molar-refractivity contribution in [3.8, 4) is 5.75 Å². The van der Waals surface area contributed by atoms with Crippen molar-refractivity contribution in [1.29, 1.82) is 0 Å². The fourth-order valence-corrected chi connectivity index (χ4v) is 7.34. The molecule has 0 saturated carbocycles. The summed E-state index contributed by atoms with van der Waals surface area (Å²) >= 11 is 5.24. The summed E-state index contributed by atoms with van der Waals surface area (Å²) < 4.78 is 13.4. The van der Waals surface area contributed by atoms with Crippen LogP contribution >= 0.6 is 45.3 Å². The number of aryl methyl sites for hydroxylation is 1. The van der Waals surface area contributed by atoms with Gasteiger partial charge in [-0.25, -0.2) is 14.8 Å². The van der Waals surface area contributed by atoms with Crippen LogP contribution in [-0.4, -0.2) is 41.6 Å². The Morgan fingerprint density at radius 2 is 1.86 bits per heavy atom. The molecule has 11 heteroatoms. The maximum Gasteiger partial charge on any atom is 0.358 e. The van der Waals surface area contributed by atoms with Gasteiger partial charge in [-0.1, -0.05) is 35.6 Å². The van der Waals surface area contributed by atoms with Gasteiger partial charge in [-0.05, 0) is 102 Å². The van der Waals surface area contributed by atoms with E-state index in [2.05, 4.69) is 43.9 Å². The smallest absolute Gasteiger partial charge is 0.358 e. The number of carbonyl (C=O) groups excluding carboxylic acids is 2. The van der Waals surface area contributed by atoms with Crippen LogP contribution in [0.5, 0.6) is 5.75 Å². The molecule has 0 fully saturated rings. The Balaban J connectivity index is 1.18. The molecule has 0 bridgehead atoms. The maximum absolute atomic E-state index is 13.4. The zero-order valence-electron chi connectivity index (χ0n) is 23.5. The van der Waals surface area contributed by atoms with Crippen LogP contribution in [0, 0.1) is 3.57 Å². The van der Waals surface area contributed by atoms with Crippen molar-refractivity contribution in [2.24, 2.45) is 0 Å². The number of thiazole rings is 2. The zero-order valence-corrected chi connectivity index (χ0v) is 27.3. The molecule has 0 atom stereocenters. The second-order valence-corrected chi connectivity index (χ2v) is 13.3. The molecule has 43 heavy (non-hydrogen) atoms. The summed E-state index contributed by atoms with van der Waals surface area (Å²) in [6, 6.07) is 21.6. The standard InChI is InChI=1S/C32H29IN4O4S2/c1-2-40-30(39)28-27(11-6-18-41-22-14-12-21(33)13-15-22)43-32(35-28)37-17-16-20-7-5-8-23(24(20)19-37)29(38)36-31-34-25-9-3-4-10-26(25)42-31/h3-5,7-10,12-15H,2,6,11,16-19H2,1H3,(H,34,36,38). The number of ether oxygens (including phenoxy) is 2. The number of carbonyl (C=O) groups is 2. The minimum Gasteiger partial charge on any atom is -0.494 e. The first-order valence-electron chi connectivity index (χ1n) is 14.1. The van der Waals surface area contributed by atoms with Crippen LogP contribution in [0.15, 0.2) is 66.7 Å². The van der Waals surface area contributed by atoms with Gasteiger partial charge in [-0.15, -0.1) is 11.3 Å². The fraction of sp³-hybridized carbons (Fsp3) is 0.250. The first-order valence-corrected chi connectivity index (χ1v) is 16.8. The number of rotatable bonds is 10. The van der Waals surface area contributed by atoms with E-state index in [1.54, 1.807) is 6.92 Å². The molecule has 220 valence electrons. The number of halogens is 1. The summed E-state index contributed by atoms with van der Waals surface area (Å²) in [4.78, 5) is 38.6. The minimum absolute atomic E-state index is 0.182. The number of hydrogen-bond acceptors (Lipinski definition) is 9. The van der Waals surface area contributed by atoms with Gasteiger partial charge in [-0.2, -0.15) is 0 Å². The predicted octanol–water partition coefficient (Wildman–Crippen LogP) is 7.36. The maximum atomic E-state index is 13.4. The molecule has 3 aromatic carbocycles. The van der Waals surface area contributed by atoms with Crippen molar-refractivity contribution in [2.45, 2.75) is 32.7 Å². The third kappa shape index (κ3) is 6.84. The molecule has 0 aliphatic carbocycles. The van der Waals surface area contributed by atoms with Crippen LogP contribution in [0.4, 0.5) is 10.3 Å². The van der Waals surface area contributed by atoms with E-state index in [9.17, 15) is 9.59 Å². The third-order valence-electron chi connectivity index (χ3n) is 7.09. The number of aromatic nitrogens is 2. The highest BCUT2D eigenvalue weighted by molar-refractivity contribution is 14.1. The van der Waals surface area contributed by atoms with Gasteiger partial charge in [0.2, 0.25) is 0 Å². The van der Waals surface area contributed by atoms with Gasteiger partial charge in [-0.3, -0.25) is 10.1 Å². The molecule has 6 rings (SSSR count). The third-order valence-corrected chi connectivity index (χ3v) is 9.93. The number of nitrogens with zero attached hydrogens (tertiary/aromatic N) is 3. The van der Waals surface area contributed by atoms with E-state index >= 15 is 0 Å². The Bertz CT molecular complexity index is 1740. The molecule has 2 aromatic heterocycles. The van der Waals surface area contributed by atoms with E-state index in [0.29, 0.717) is 36.0 Å². The van der Waals surface area contributed by atoms with Gasteiger partial charge in [0.25, 0.3) is 5.91 Å². The summed E-state index contributed by atoms with van der Waals surface area (Å²) in [5.74, 6) is 0.232. The fourth-order valence-electron chi connectivity index (χ4n) is 5.00. The van der Waals surface area contributed by atoms with Crippen molar-refractivity contribution in [2.75, 3.05) is 30.0 Å². The lowest BCUT2D eigenvalue weighted by molar-refractivity contribution is 0.0519. The summed E-state index contributed by atoms with van der Waals surface area (Å²) in [6.07, 6.45) is 2.15. The second kappa shape index (κ2) is 13.4. The van der Waals surface area contributed by atoms with Crippen LogP contribution < -0.4 is 15.0 Å². The molecular weight excluding hydrogens is 695 g/mol. The van der Waals surface area contributed by atoms with Crippen LogP contribution in [-0.2, 0) is 24.1 Å². The van der Waals surface area contributed by atoms with Crippen LogP contribution in [0.25, 0.3) is 10.2 Å². The molecule has 0 radical (unpaired) electrons. The largest absolute Gasteiger partial charge is 0.494 e. The highest BCUT2D eigenvalue weighted by atomic mass is 127. The van der Waals surface area contributed by atoms with E-state index in [1.807, 2.05) is 60.7 Å². The van der Waals surface area contributed by atoms with Crippen LogP contribution in [0.1, 0.15) is 50.2 Å². The SMILES string of the molecule is CCOC(=O)c1nc(N2CCc3cccc(C(=O)Nc4nc5ccccc5s4)c3C2)sc1CCCOc1ccc(I)cc1. The quantitative estimate of drug-likeness (QED) is 0.0915. The molecule has 3 heterocycles. The number of amides is 1. The minimum atomic E-state index is -0.410. The van der Waals surface area contributed by atoms with Crippen molar-refractivity contribution in [3.63, 3.8) is 0 Å². The average molecular weight is 725 g/mol. The Morgan fingerprint density at radius 1 is 1.02 bits per heavy atom. The molecule has 1 aliphatic heterocycles. The lowest BCUT2D eigenvalue weighted by atomic mass is 9.94. The van der Waals surface area contributed by atoms with Gasteiger partial charge >= 0.3 is 5.97 Å². The number of hydrogen-bond donors (Lipinski definition) is 1. The number of esters is 1. The molecule has 1 aliphatic rings. The first-order chi connectivity index (χ1) is 21.0. The average Bonchev–Trinajstić information content (AvgIpc) is 3.64. The molecule has 1 amide bonds. The van der Waals surface area contributed by atoms with Crippen LogP contribution in [0.2, 0.25) is 0 Å². The molecule has 0 saturated heterocycles. The molecule has 8 nitrogen and oxygen atoms in total. The normalized spacial score (nSPS) is 12.7. The van der Waals surface area contributed by atoms with Crippen LogP contribution in [0.3, 0.4) is 0 Å². The molecule has 0 unspecified atom stereocenters. The van der Waals surface area contributed by atoms with Gasteiger partial charge in [0, 0.05) is 27.1 Å². The number of benzene rings is 3. The van der Waals surface area contributed by atoms with Crippen molar-refractivity contribution >= 4 is 77.6 Å². The zero-order chi connectivity index (χ0) is 29.8. The summed E-state index contributed by atoms with van der Waals surface area (Å²) in [6.45, 7) is 3.86. The van der Waals surface area contributed by atoms with E-state index in [0.717, 1.165) is 60.1 Å². The van der Waals surface area contributed by atoms with Crippen molar-refractivity contribution in [3.05, 3.63) is 97.6 Å². The van der Waals surface area contributed by atoms with Gasteiger partial charge < -0.3 is 14.4 Å². The van der Waals surface area contributed by atoms with Crippen molar-refractivity contribution < 1.29 is 19.1 Å². The van der Waals surface area contributed by atoms with Gasteiger partial charge in [0.15, 0.2) is 16.0 Å². The second-order valence-electron chi connectivity index (χ2n) is 9.95. The lowest BCUT2D eigenvalue weighted by Gasteiger charge is -2.29. The molecule has 1 N–H and O–H groups in total. The topological polar surface area (TPSA) is 93.7 Å². The highest BCUT2D eigenvalue weighted by Gasteiger charge is 2.27. The number of nitrogens with one attached hydrogen (secondary N) is 1. The number of anilines is 2. The van der Waals surface area contributed by atoms with E-state index in [4.69, 9.17) is 14.5 Å². The molecule has 5 aromatic rings. The number of fused-ring (bicyclic) bond motifs is 2. The highest BCUT2D eigenvalue weighted by Crippen LogP contribution is 2.33. The Labute approximate surface area is 271 Å². The summed E-state index contributed by atoms with van der Waals surface area (Å²) in [7, 11) is 0. The predicted molar refractivity (Wildman–Crippen MR) is 180 cm³/mol.